The second-order valence-electron chi connectivity index (χ2n) is 6.54. The number of nitrogens with one attached hydrogen (secondary N) is 1. The SMILES string of the molecule is Cc1cccc(N2CCN(CC(=O)Nc3cccc(F)c3)CC2)c1C. The molecule has 0 unspecified atom stereocenters. The zero-order chi connectivity index (χ0) is 17.8. The highest BCUT2D eigenvalue weighted by Crippen LogP contribution is 2.23. The molecule has 1 heterocycles. The number of aryl methyl sites for hydroxylation is 1. The van der Waals surface area contributed by atoms with E-state index in [4.69, 9.17) is 0 Å². The third kappa shape index (κ3) is 4.37. The standard InChI is InChI=1S/C20H24FN3O/c1-15-5-3-8-19(16(15)2)24-11-9-23(10-12-24)14-20(25)22-18-7-4-6-17(21)13-18/h3-8,13H,9-12,14H2,1-2H3,(H,22,25). The Morgan fingerprint density at radius 3 is 2.52 bits per heavy atom. The highest BCUT2D eigenvalue weighted by molar-refractivity contribution is 5.92. The summed E-state index contributed by atoms with van der Waals surface area (Å²) in [5.74, 6) is -0.453. The lowest BCUT2D eigenvalue weighted by Crippen LogP contribution is -2.48. The number of carbonyl (C=O) groups is 1. The molecule has 132 valence electrons. The summed E-state index contributed by atoms with van der Waals surface area (Å²) in [5, 5.41) is 2.76. The van der Waals surface area contributed by atoms with E-state index in [9.17, 15) is 9.18 Å². The molecule has 1 saturated heterocycles. The van der Waals surface area contributed by atoms with Crippen LogP contribution in [-0.2, 0) is 4.79 Å². The van der Waals surface area contributed by atoms with E-state index in [0.29, 0.717) is 12.2 Å². The molecule has 0 atom stereocenters. The molecule has 0 saturated carbocycles. The maximum absolute atomic E-state index is 13.2. The molecule has 25 heavy (non-hydrogen) atoms. The molecule has 1 amide bonds. The van der Waals surface area contributed by atoms with Crippen LogP contribution in [0.2, 0.25) is 0 Å². The molecule has 0 aliphatic carbocycles. The van der Waals surface area contributed by atoms with E-state index in [1.807, 2.05) is 0 Å². The quantitative estimate of drug-likeness (QED) is 0.928. The first-order valence-corrected chi connectivity index (χ1v) is 8.62. The summed E-state index contributed by atoms with van der Waals surface area (Å²) in [4.78, 5) is 16.7. The number of hydrogen-bond acceptors (Lipinski definition) is 3. The fourth-order valence-corrected chi connectivity index (χ4v) is 3.19. The van der Waals surface area contributed by atoms with Gasteiger partial charge in [0.2, 0.25) is 5.91 Å². The number of halogens is 1. The molecule has 1 fully saturated rings. The summed E-state index contributed by atoms with van der Waals surface area (Å²) < 4.78 is 13.2. The summed E-state index contributed by atoms with van der Waals surface area (Å²) in [6, 6.07) is 12.4. The first kappa shape index (κ1) is 17.4. The van der Waals surface area contributed by atoms with Crippen LogP contribution < -0.4 is 10.2 Å². The van der Waals surface area contributed by atoms with Crippen LogP contribution in [0.5, 0.6) is 0 Å². The Kier molecular flexibility index (Phi) is 5.34. The summed E-state index contributed by atoms with van der Waals surface area (Å²) in [5.41, 5.74) is 4.40. The van der Waals surface area contributed by atoms with Crippen molar-refractivity contribution in [3.05, 3.63) is 59.4 Å². The third-order valence-corrected chi connectivity index (χ3v) is 4.76. The maximum Gasteiger partial charge on any atom is 0.238 e. The van der Waals surface area contributed by atoms with Crippen molar-refractivity contribution in [3.8, 4) is 0 Å². The number of amides is 1. The Balaban J connectivity index is 1.52. The molecule has 1 aliphatic heterocycles. The van der Waals surface area contributed by atoms with Gasteiger partial charge in [0.15, 0.2) is 0 Å². The maximum atomic E-state index is 13.2. The monoisotopic (exact) mass is 341 g/mol. The van der Waals surface area contributed by atoms with Crippen LogP contribution in [0.4, 0.5) is 15.8 Å². The van der Waals surface area contributed by atoms with Crippen LogP contribution in [-0.4, -0.2) is 43.5 Å². The van der Waals surface area contributed by atoms with E-state index in [0.717, 1.165) is 26.2 Å². The zero-order valence-corrected chi connectivity index (χ0v) is 14.8. The minimum Gasteiger partial charge on any atom is -0.369 e. The number of hydrogen-bond donors (Lipinski definition) is 1. The van der Waals surface area contributed by atoms with E-state index < -0.39 is 0 Å². The lowest BCUT2D eigenvalue weighted by Gasteiger charge is -2.36. The Labute approximate surface area is 148 Å². The molecule has 2 aromatic carbocycles. The van der Waals surface area contributed by atoms with Crippen molar-refractivity contribution in [2.24, 2.45) is 0 Å². The van der Waals surface area contributed by atoms with Crippen LogP contribution in [0.3, 0.4) is 0 Å². The zero-order valence-electron chi connectivity index (χ0n) is 14.8. The number of carbonyl (C=O) groups excluding carboxylic acids is 1. The van der Waals surface area contributed by atoms with Gasteiger partial charge in [0.25, 0.3) is 0 Å². The van der Waals surface area contributed by atoms with Crippen molar-refractivity contribution in [1.82, 2.24) is 4.90 Å². The Morgan fingerprint density at radius 2 is 1.80 bits per heavy atom. The highest BCUT2D eigenvalue weighted by Gasteiger charge is 2.20. The Hall–Kier alpha value is -2.40. The predicted octanol–water partition coefficient (Wildman–Crippen LogP) is 3.20. The van der Waals surface area contributed by atoms with Gasteiger partial charge in [0.1, 0.15) is 5.82 Å². The van der Waals surface area contributed by atoms with Crippen LogP contribution >= 0.6 is 0 Å². The summed E-state index contributed by atoms with van der Waals surface area (Å²) in [7, 11) is 0. The van der Waals surface area contributed by atoms with Gasteiger partial charge in [-0.3, -0.25) is 9.69 Å². The lowest BCUT2D eigenvalue weighted by molar-refractivity contribution is -0.117. The first-order valence-electron chi connectivity index (χ1n) is 8.62. The molecule has 4 nitrogen and oxygen atoms in total. The van der Waals surface area contributed by atoms with Crippen LogP contribution in [0, 0.1) is 19.7 Å². The molecule has 0 bridgehead atoms. The van der Waals surface area contributed by atoms with E-state index in [1.54, 1.807) is 12.1 Å². The van der Waals surface area contributed by atoms with Gasteiger partial charge in [0, 0.05) is 37.6 Å². The normalized spacial score (nSPS) is 15.2. The van der Waals surface area contributed by atoms with Crippen molar-refractivity contribution >= 4 is 17.3 Å². The fourth-order valence-electron chi connectivity index (χ4n) is 3.19. The van der Waals surface area contributed by atoms with Gasteiger partial charge in [-0.1, -0.05) is 18.2 Å². The van der Waals surface area contributed by atoms with Gasteiger partial charge in [-0.05, 0) is 49.2 Å². The van der Waals surface area contributed by atoms with Crippen LogP contribution in [0.25, 0.3) is 0 Å². The van der Waals surface area contributed by atoms with Gasteiger partial charge in [0.05, 0.1) is 6.54 Å². The molecule has 0 radical (unpaired) electrons. The van der Waals surface area contributed by atoms with Crippen molar-refractivity contribution in [2.75, 3.05) is 42.9 Å². The molecular weight excluding hydrogens is 317 g/mol. The van der Waals surface area contributed by atoms with Gasteiger partial charge < -0.3 is 10.2 Å². The molecular formula is C20H24FN3O. The van der Waals surface area contributed by atoms with Gasteiger partial charge in [-0.2, -0.15) is 0 Å². The average Bonchev–Trinajstić information content (AvgIpc) is 2.58. The van der Waals surface area contributed by atoms with Gasteiger partial charge in [-0.15, -0.1) is 0 Å². The third-order valence-electron chi connectivity index (χ3n) is 4.76. The summed E-state index contributed by atoms with van der Waals surface area (Å²) in [6.07, 6.45) is 0. The summed E-state index contributed by atoms with van der Waals surface area (Å²) >= 11 is 0. The van der Waals surface area contributed by atoms with Crippen LogP contribution in [0.15, 0.2) is 42.5 Å². The second-order valence-corrected chi connectivity index (χ2v) is 6.54. The Morgan fingerprint density at radius 1 is 1.08 bits per heavy atom. The number of piperazine rings is 1. The van der Waals surface area contributed by atoms with E-state index in [-0.39, 0.29) is 11.7 Å². The minimum atomic E-state index is -0.347. The molecule has 1 aliphatic rings. The van der Waals surface area contributed by atoms with Gasteiger partial charge in [-0.25, -0.2) is 4.39 Å². The molecule has 5 heteroatoms. The lowest BCUT2D eigenvalue weighted by atomic mass is 10.1. The fraction of sp³-hybridized carbons (Fsp3) is 0.350. The minimum absolute atomic E-state index is 0.106. The van der Waals surface area contributed by atoms with E-state index in [2.05, 4.69) is 47.2 Å². The van der Waals surface area contributed by atoms with Crippen LogP contribution in [0.1, 0.15) is 11.1 Å². The molecule has 1 N–H and O–H groups in total. The summed E-state index contributed by atoms with van der Waals surface area (Å²) in [6.45, 7) is 8.09. The van der Waals surface area contributed by atoms with Crippen molar-refractivity contribution in [2.45, 2.75) is 13.8 Å². The van der Waals surface area contributed by atoms with E-state index >= 15 is 0 Å². The predicted molar refractivity (Wildman–Crippen MR) is 99.6 cm³/mol. The molecule has 0 spiro atoms. The van der Waals surface area contributed by atoms with Crippen molar-refractivity contribution in [3.63, 3.8) is 0 Å². The highest BCUT2D eigenvalue weighted by atomic mass is 19.1. The smallest absolute Gasteiger partial charge is 0.238 e. The van der Waals surface area contributed by atoms with E-state index in [1.165, 1.54) is 28.9 Å². The molecule has 0 aromatic heterocycles. The number of rotatable bonds is 4. The molecule has 2 aromatic rings. The second kappa shape index (κ2) is 7.66. The van der Waals surface area contributed by atoms with Gasteiger partial charge >= 0.3 is 0 Å². The Bertz CT molecular complexity index is 754. The van der Waals surface area contributed by atoms with Crippen molar-refractivity contribution < 1.29 is 9.18 Å². The largest absolute Gasteiger partial charge is 0.369 e. The molecule has 3 rings (SSSR count). The number of benzene rings is 2. The topological polar surface area (TPSA) is 35.6 Å². The number of nitrogens with zero attached hydrogens (tertiary/aromatic N) is 2. The first-order chi connectivity index (χ1) is 12.0. The number of anilines is 2. The van der Waals surface area contributed by atoms with Crippen molar-refractivity contribution in [1.29, 1.82) is 0 Å². The average molecular weight is 341 g/mol.